The van der Waals surface area contributed by atoms with Gasteiger partial charge in [0.25, 0.3) is 0 Å². The van der Waals surface area contributed by atoms with E-state index in [-0.39, 0.29) is 0 Å². The van der Waals surface area contributed by atoms with E-state index in [1.807, 2.05) is 36.4 Å². The summed E-state index contributed by atoms with van der Waals surface area (Å²) in [5, 5.41) is 1.77. The Bertz CT molecular complexity index is 868. The average Bonchev–Trinajstić information content (AvgIpc) is 2.92. The molecule has 2 aromatic rings. The fourth-order valence-corrected chi connectivity index (χ4v) is 9.23. The third-order valence-corrected chi connectivity index (χ3v) is 13.5. The van der Waals surface area contributed by atoms with Gasteiger partial charge in [-0.1, -0.05) is 24.3 Å². The van der Waals surface area contributed by atoms with Crippen molar-refractivity contribution in [3.8, 4) is 0 Å². The lowest BCUT2D eigenvalue weighted by molar-refractivity contribution is 0.140. The normalized spacial score (nSPS) is 11.7. The largest absolute Gasteiger partial charge is 0.536 e. The molecule has 0 aliphatic carbocycles. The predicted octanol–water partition coefficient (Wildman–Crippen LogP) is 2.28. The number of hydrogen-bond donors (Lipinski definition) is 3. The molecule has 38 heavy (non-hydrogen) atoms. The molecule has 6 N–H and O–H groups in total. The third-order valence-electron chi connectivity index (χ3n) is 5.63. The summed E-state index contributed by atoms with van der Waals surface area (Å²) < 4.78 is 37.5. The van der Waals surface area contributed by atoms with Crippen molar-refractivity contribution in [1.29, 1.82) is 0 Å². The van der Waals surface area contributed by atoms with Crippen molar-refractivity contribution < 1.29 is 31.0 Å². The zero-order chi connectivity index (χ0) is 29.2. The Kier molecular flexibility index (Phi) is 17.8. The highest BCUT2D eigenvalue weighted by Gasteiger charge is 2.41. The average molecular weight is 588 g/mol. The summed E-state index contributed by atoms with van der Waals surface area (Å²) in [5.74, 6) is 0. The molecule has 0 fully saturated rings. The standard InChI is InChI=1S/2C9H15NO3Si.C7H19NOSi/c1-11-14(12-2,13-3)9-6-4-8(10)5-7-9;1-11-14(12-2,13-3)9-6-4-5-8(10)7-9;1-4-9-10(2,3)7-5-6-8/h2*4-7H,10H2,1-3H3;4-8H2,1-3H3. The molecule has 218 valence electrons. The molecule has 0 atom stereocenters. The van der Waals surface area contributed by atoms with Crippen LogP contribution in [-0.4, -0.2) is 81.7 Å². The van der Waals surface area contributed by atoms with Gasteiger partial charge >= 0.3 is 17.6 Å². The number of rotatable bonds is 13. The fraction of sp³-hybridized carbons (Fsp3) is 0.520. The zero-order valence-corrected chi connectivity index (χ0v) is 27.5. The summed E-state index contributed by atoms with van der Waals surface area (Å²) in [6.45, 7) is 8.18. The topological polar surface area (TPSA) is 143 Å². The first-order valence-corrected chi connectivity index (χ1v) is 18.9. The number of nitrogen functional groups attached to an aromatic ring is 2. The maximum absolute atomic E-state index is 5.67. The Hall–Kier alpha value is -1.63. The molecule has 0 bridgehead atoms. The molecule has 13 heteroatoms. The van der Waals surface area contributed by atoms with Crippen molar-refractivity contribution in [2.75, 3.05) is 67.3 Å². The molecule has 0 aliphatic rings. The Morgan fingerprint density at radius 2 is 1.13 bits per heavy atom. The highest BCUT2D eigenvalue weighted by molar-refractivity contribution is 6.75. The molecule has 0 saturated carbocycles. The van der Waals surface area contributed by atoms with E-state index in [2.05, 4.69) is 20.0 Å². The van der Waals surface area contributed by atoms with Crippen molar-refractivity contribution >= 4 is 47.7 Å². The van der Waals surface area contributed by atoms with E-state index in [9.17, 15) is 0 Å². The number of nitrogens with two attached hydrogens (primary N) is 3. The van der Waals surface area contributed by atoms with Crippen LogP contribution in [0.15, 0.2) is 48.5 Å². The second kappa shape index (κ2) is 18.6. The van der Waals surface area contributed by atoms with Crippen LogP contribution in [-0.2, 0) is 31.0 Å². The smallest absolute Gasteiger partial charge is 0.418 e. The van der Waals surface area contributed by atoms with Gasteiger partial charge in [-0.2, -0.15) is 0 Å². The minimum atomic E-state index is -2.70. The quantitative estimate of drug-likeness (QED) is 0.236. The van der Waals surface area contributed by atoms with Gasteiger partial charge in [-0.15, -0.1) is 0 Å². The first-order chi connectivity index (χ1) is 18.0. The van der Waals surface area contributed by atoms with Crippen LogP contribution >= 0.6 is 0 Å². The van der Waals surface area contributed by atoms with E-state index in [4.69, 9.17) is 48.2 Å². The van der Waals surface area contributed by atoms with Crippen LogP contribution in [0.4, 0.5) is 11.4 Å². The minimum absolute atomic E-state index is 0.672. The summed E-state index contributed by atoms with van der Waals surface area (Å²) in [5.41, 5.74) is 18.0. The Labute approximate surface area is 232 Å². The molecule has 0 radical (unpaired) electrons. The highest BCUT2D eigenvalue weighted by Crippen LogP contribution is 2.12. The third kappa shape index (κ3) is 11.6. The molecular weight excluding hydrogens is 539 g/mol. The van der Waals surface area contributed by atoms with Gasteiger partial charge in [-0.25, -0.2) is 0 Å². The molecule has 0 unspecified atom stereocenters. The van der Waals surface area contributed by atoms with Gasteiger partial charge in [0.1, 0.15) is 0 Å². The minimum Gasteiger partial charge on any atom is -0.418 e. The molecule has 10 nitrogen and oxygen atoms in total. The monoisotopic (exact) mass is 587 g/mol. The second-order valence-electron chi connectivity index (χ2n) is 8.67. The summed E-state index contributed by atoms with van der Waals surface area (Å²) >= 11 is 0. The molecular formula is C25H49N3O7Si3. The van der Waals surface area contributed by atoms with E-state index >= 15 is 0 Å². The lowest BCUT2D eigenvalue weighted by Gasteiger charge is -2.24. The molecule has 0 saturated heterocycles. The summed E-state index contributed by atoms with van der Waals surface area (Å²) in [7, 11) is 2.77. The number of hydrogen-bond acceptors (Lipinski definition) is 10. The van der Waals surface area contributed by atoms with Gasteiger partial charge < -0.3 is 48.2 Å². The Morgan fingerprint density at radius 3 is 1.53 bits per heavy atom. The highest BCUT2D eigenvalue weighted by atomic mass is 28.4. The molecule has 0 aromatic heterocycles. The van der Waals surface area contributed by atoms with Crippen LogP contribution in [0.1, 0.15) is 13.3 Å². The lowest BCUT2D eigenvalue weighted by atomic mass is 10.3. The maximum Gasteiger partial charge on any atom is 0.536 e. The number of anilines is 2. The van der Waals surface area contributed by atoms with E-state index in [0.29, 0.717) is 11.4 Å². The summed E-state index contributed by atoms with van der Waals surface area (Å²) in [6.07, 6.45) is 1.11. The molecule has 0 aliphatic heterocycles. The van der Waals surface area contributed by atoms with E-state index in [1.54, 1.807) is 54.8 Å². The van der Waals surface area contributed by atoms with Crippen LogP contribution in [0.5, 0.6) is 0 Å². The van der Waals surface area contributed by atoms with Crippen LogP contribution in [0.2, 0.25) is 19.1 Å². The van der Waals surface area contributed by atoms with Crippen molar-refractivity contribution in [1.82, 2.24) is 0 Å². The fourth-order valence-electron chi connectivity index (χ4n) is 3.61. The van der Waals surface area contributed by atoms with E-state index in [1.165, 1.54) is 6.04 Å². The zero-order valence-electron chi connectivity index (χ0n) is 24.5. The summed E-state index contributed by atoms with van der Waals surface area (Å²) in [4.78, 5) is 0. The summed E-state index contributed by atoms with van der Waals surface area (Å²) in [6, 6.07) is 15.9. The molecule has 2 aromatic carbocycles. The first-order valence-electron chi connectivity index (χ1n) is 12.4. The molecule has 0 spiro atoms. The van der Waals surface area contributed by atoms with Crippen molar-refractivity contribution in [2.45, 2.75) is 32.5 Å². The van der Waals surface area contributed by atoms with Crippen molar-refractivity contribution in [3.63, 3.8) is 0 Å². The Morgan fingerprint density at radius 1 is 0.658 bits per heavy atom. The van der Waals surface area contributed by atoms with Crippen LogP contribution < -0.4 is 27.6 Å². The maximum atomic E-state index is 5.67. The van der Waals surface area contributed by atoms with Gasteiger partial charge in [0, 0.05) is 71.0 Å². The number of benzene rings is 2. The molecule has 0 amide bonds. The van der Waals surface area contributed by atoms with E-state index < -0.39 is 25.9 Å². The van der Waals surface area contributed by atoms with Crippen LogP contribution in [0, 0.1) is 0 Å². The van der Waals surface area contributed by atoms with Gasteiger partial charge in [-0.3, -0.25) is 0 Å². The van der Waals surface area contributed by atoms with Crippen molar-refractivity contribution in [2.24, 2.45) is 5.73 Å². The van der Waals surface area contributed by atoms with Crippen molar-refractivity contribution in [3.05, 3.63) is 48.5 Å². The molecule has 0 heterocycles. The Balaban J connectivity index is 0.000000551. The van der Waals surface area contributed by atoms with Gasteiger partial charge in [0.2, 0.25) is 0 Å². The molecule has 2 rings (SSSR count). The van der Waals surface area contributed by atoms with Crippen LogP contribution in [0.25, 0.3) is 0 Å². The lowest BCUT2D eigenvalue weighted by Crippen LogP contribution is -2.54. The van der Waals surface area contributed by atoms with Gasteiger partial charge in [0.05, 0.1) is 0 Å². The first kappa shape index (κ1) is 36.4. The predicted molar refractivity (Wildman–Crippen MR) is 162 cm³/mol. The van der Waals surface area contributed by atoms with Crippen LogP contribution in [0.3, 0.4) is 0 Å². The SMILES string of the molecule is CCO[Si](C)(C)CCCN.CO[Si](OC)(OC)c1ccc(N)cc1.CO[Si](OC)(OC)c1cccc(N)c1. The van der Waals surface area contributed by atoms with E-state index in [0.717, 1.165) is 29.9 Å². The van der Waals surface area contributed by atoms with Gasteiger partial charge in [-0.05, 0) is 63.3 Å². The van der Waals surface area contributed by atoms with Gasteiger partial charge in [0.15, 0.2) is 8.32 Å². The second-order valence-corrected chi connectivity index (χ2v) is 18.8.